The van der Waals surface area contributed by atoms with E-state index in [1.165, 1.54) is 0 Å². The number of hydrogen-bond donors (Lipinski definition) is 0. The van der Waals surface area contributed by atoms with Crippen LogP contribution in [0.2, 0.25) is 5.15 Å². The molecule has 0 atom stereocenters. The molecule has 2 rings (SSSR count). The van der Waals surface area contributed by atoms with Crippen LogP contribution in [0.25, 0.3) is 0 Å². The van der Waals surface area contributed by atoms with Crippen molar-refractivity contribution in [3.63, 3.8) is 0 Å². The lowest BCUT2D eigenvalue weighted by atomic mass is 10.2. The zero-order valence-electron chi connectivity index (χ0n) is 8.40. The van der Waals surface area contributed by atoms with E-state index in [0.717, 1.165) is 18.5 Å². The summed E-state index contributed by atoms with van der Waals surface area (Å²) in [7, 11) is -3.25. The summed E-state index contributed by atoms with van der Waals surface area (Å²) in [5, 5.41) is 0.112. The maximum absolute atomic E-state index is 11.6. The Balaban J connectivity index is 2.42. The number of pyridine rings is 1. The topological polar surface area (TPSA) is 47.0 Å². The van der Waals surface area contributed by atoms with Crippen LogP contribution in [-0.4, -0.2) is 19.2 Å². The summed E-state index contributed by atoms with van der Waals surface area (Å²) in [4.78, 5) is 4.28. The molecule has 1 aliphatic rings. The standard InChI is InChI=1S/C10H12ClNO2S/c1-2-15(13,14)9-6-5-8(7-3-4-7)12-10(9)11/h5-7H,2-4H2,1H3. The minimum atomic E-state index is -3.25. The molecule has 1 heterocycles. The molecule has 1 aromatic heterocycles. The van der Waals surface area contributed by atoms with Gasteiger partial charge >= 0.3 is 0 Å². The quantitative estimate of drug-likeness (QED) is 0.769. The van der Waals surface area contributed by atoms with Gasteiger partial charge in [-0.3, -0.25) is 0 Å². The summed E-state index contributed by atoms with van der Waals surface area (Å²) in [6.07, 6.45) is 2.26. The van der Waals surface area contributed by atoms with Gasteiger partial charge in [0.05, 0.1) is 5.75 Å². The van der Waals surface area contributed by atoms with Crippen molar-refractivity contribution in [1.82, 2.24) is 4.98 Å². The summed E-state index contributed by atoms with van der Waals surface area (Å²) in [5.41, 5.74) is 0.912. The highest BCUT2D eigenvalue weighted by molar-refractivity contribution is 7.91. The number of sulfone groups is 1. The smallest absolute Gasteiger partial charge is 0.181 e. The van der Waals surface area contributed by atoms with Crippen LogP contribution in [0.15, 0.2) is 17.0 Å². The normalized spacial score (nSPS) is 16.7. The molecule has 0 radical (unpaired) electrons. The van der Waals surface area contributed by atoms with Crippen LogP contribution in [-0.2, 0) is 9.84 Å². The van der Waals surface area contributed by atoms with E-state index in [-0.39, 0.29) is 15.8 Å². The second kappa shape index (κ2) is 3.76. The Morgan fingerprint density at radius 2 is 2.13 bits per heavy atom. The summed E-state index contributed by atoms with van der Waals surface area (Å²) in [5.74, 6) is 0.540. The SMILES string of the molecule is CCS(=O)(=O)c1ccc(C2CC2)nc1Cl. The molecule has 82 valence electrons. The molecule has 3 nitrogen and oxygen atoms in total. The molecule has 0 aliphatic heterocycles. The molecular formula is C10H12ClNO2S. The highest BCUT2D eigenvalue weighted by atomic mass is 35.5. The fourth-order valence-corrected chi connectivity index (χ4v) is 2.83. The molecule has 5 heteroatoms. The molecule has 15 heavy (non-hydrogen) atoms. The molecule has 0 amide bonds. The molecule has 0 bridgehead atoms. The van der Waals surface area contributed by atoms with Gasteiger partial charge in [-0.05, 0) is 25.0 Å². The van der Waals surface area contributed by atoms with E-state index in [1.54, 1.807) is 19.1 Å². The van der Waals surface area contributed by atoms with Gasteiger partial charge < -0.3 is 0 Å². The van der Waals surface area contributed by atoms with Crippen LogP contribution in [0.5, 0.6) is 0 Å². The average molecular weight is 246 g/mol. The van der Waals surface area contributed by atoms with Crippen LogP contribution in [0.1, 0.15) is 31.4 Å². The van der Waals surface area contributed by atoms with Crippen molar-refractivity contribution < 1.29 is 8.42 Å². The van der Waals surface area contributed by atoms with Gasteiger partial charge in [0.25, 0.3) is 0 Å². The Bertz CT molecular complexity index is 480. The minimum Gasteiger partial charge on any atom is -0.239 e. The zero-order valence-corrected chi connectivity index (χ0v) is 9.98. The first kappa shape index (κ1) is 10.9. The van der Waals surface area contributed by atoms with Gasteiger partial charge in [0.15, 0.2) is 9.84 Å². The number of hydrogen-bond acceptors (Lipinski definition) is 3. The third-order valence-corrected chi connectivity index (χ3v) is 4.71. The summed E-state index contributed by atoms with van der Waals surface area (Å²) >= 11 is 5.87. The van der Waals surface area contributed by atoms with Gasteiger partial charge in [0.2, 0.25) is 0 Å². The van der Waals surface area contributed by atoms with Crippen molar-refractivity contribution in [2.75, 3.05) is 5.75 Å². The second-order valence-electron chi connectivity index (χ2n) is 3.70. The van der Waals surface area contributed by atoms with Crippen LogP contribution >= 0.6 is 11.6 Å². The fraction of sp³-hybridized carbons (Fsp3) is 0.500. The molecule has 1 aliphatic carbocycles. The van der Waals surface area contributed by atoms with Crippen molar-refractivity contribution in [1.29, 1.82) is 0 Å². The second-order valence-corrected chi connectivity index (χ2v) is 6.31. The van der Waals surface area contributed by atoms with Crippen molar-refractivity contribution in [2.24, 2.45) is 0 Å². The molecule has 0 aromatic carbocycles. The largest absolute Gasteiger partial charge is 0.239 e. The highest BCUT2D eigenvalue weighted by Gasteiger charge is 2.26. The average Bonchev–Trinajstić information content (AvgIpc) is 3.00. The minimum absolute atomic E-state index is 0.0528. The lowest BCUT2D eigenvalue weighted by Gasteiger charge is -2.05. The van der Waals surface area contributed by atoms with Crippen LogP contribution < -0.4 is 0 Å². The number of nitrogens with zero attached hydrogens (tertiary/aromatic N) is 1. The molecule has 1 fully saturated rings. The number of rotatable bonds is 3. The van der Waals surface area contributed by atoms with Crippen molar-refractivity contribution >= 4 is 21.4 Å². The Kier molecular flexibility index (Phi) is 2.73. The molecule has 0 N–H and O–H groups in total. The van der Waals surface area contributed by atoms with Crippen molar-refractivity contribution in [3.8, 4) is 0 Å². The van der Waals surface area contributed by atoms with Gasteiger partial charge in [-0.1, -0.05) is 18.5 Å². The summed E-state index contributed by atoms with van der Waals surface area (Å²) in [6, 6.07) is 3.34. The first-order valence-corrected chi connectivity index (χ1v) is 6.97. The Labute approximate surface area is 94.4 Å². The summed E-state index contributed by atoms with van der Waals surface area (Å²) in [6.45, 7) is 1.60. The molecule has 1 aromatic rings. The Hall–Kier alpha value is -0.610. The first-order chi connectivity index (χ1) is 7.04. The fourth-order valence-electron chi connectivity index (χ4n) is 1.43. The Morgan fingerprint density at radius 1 is 1.47 bits per heavy atom. The summed E-state index contributed by atoms with van der Waals surface area (Å²) < 4.78 is 23.2. The maximum Gasteiger partial charge on any atom is 0.181 e. The van der Waals surface area contributed by atoms with Crippen LogP contribution in [0.3, 0.4) is 0 Å². The van der Waals surface area contributed by atoms with Gasteiger partial charge in [0, 0.05) is 11.6 Å². The van der Waals surface area contributed by atoms with Crippen molar-refractivity contribution in [3.05, 3.63) is 23.0 Å². The van der Waals surface area contributed by atoms with E-state index in [1.807, 2.05) is 0 Å². The molecule has 0 spiro atoms. The zero-order chi connectivity index (χ0) is 11.1. The third kappa shape index (κ3) is 2.16. The van der Waals surface area contributed by atoms with Gasteiger partial charge in [-0.25, -0.2) is 13.4 Å². The van der Waals surface area contributed by atoms with E-state index in [2.05, 4.69) is 4.98 Å². The van der Waals surface area contributed by atoms with Gasteiger partial charge in [0.1, 0.15) is 10.0 Å². The lowest BCUT2D eigenvalue weighted by molar-refractivity contribution is 0.597. The highest BCUT2D eigenvalue weighted by Crippen LogP contribution is 2.39. The Morgan fingerprint density at radius 3 is 2.60 bits per heavy atom. The lowest BCUT2D eigenvalue weighted by Crippen LogP contribution is -2.06. The third-order valence-electron chi connectivity index (χ3n) is 2.55. The van der Waals surface area contributed by atoms with E-state index in [4.69, 9.17) is 11.6 Å². The van der Waals surface area contributed by atoms with Gasteiger partial charge in [-0.2, -0.15) is 0 Å². The van der Waals surface area contributed by atoms with Crippen molar-refractivity contribution in [2.45, 2.75) is 30.6 Å². The van der Waals surface area contributed by atoms with Crippen LogP contribution in [0.4, 0.5) is 0 Å². The molecule has 1 saturated carbocycles. The molecule has 0 saturated heterocycles. The number of halogens is 1. The van der Waals surface area contributed by atoms with E-state index >= 15 is 0 Å². The predicted molar refractivity (Wildman–Crippen MR) is 58.9 cm³/mol. The first-order valence-electron chi connectivity index (χ1n) is 4.94. The number of aromatic nitrogens is 1. The van der Waals surface area contributed by atoms with Gasteiger partial charge in [-0.15, -0.1) is 0 Å². The van der Waals surface area contributed by atoms with E-state index in [0.29, 0.717) is 5.92 Å². The van der Waals surface area contributed by atoms with E-state index < -0.39 is 9.84 Å². The predicted octanol–water partition coefficient (Wildman–Crippen LogP) is 2.41. The van der Waals surface area contributed by atoms with Crippen LogP contribution in [0, 0.1) is 0 Å². The molecule has 0 unspecified atom stereocenters. The molecular weight excluding hydrogens is 234 g/mol. The van der Waals surface area contributed by atoms with E-state index in [9.17, 15) is 8.42 Å². The maximum atomic E-state index is 11.6. The monoisotopic (exact) mass is 245 g/mol.